The van der Waals surface area contributed by atoms with Crippen molar-refractivity contribution in [2.24, 2.45) is 4.99 Å². The van der Waals surface area contributed by atoms with Crippen molar-refractivity contribution in [3.63, 3.8) is 0 Å². The first-order chi connectivity index (χ1) is 13.7. The van der Waals surface area contributed by atoms with E-state index in [4.69, 9.17) is 0 Å². The van der Waals surface area contributed by atoms with Gasteiger partial charge in [-0.15, -0.1) is 0 Å². The lowest BCUT2D eigenvalue weighted by Crippen LogP contribution is -2.52. The van der Waals surface area contributed by atoms with Crippen LogP contribution in [0.5, 0.6) is 0 Å². The minimum atomic E-state index is 0.0801. The van der Waals surface area contributed by atoms with E-state index in [-0.39, 0.29) is 5.91 Å². The highest BCUT2D eigenvalue weighted by molar-refractivity contribution is 5.81. The van der Waals surface area contributed by atoms with Gasteiger partial charge < -0.3 is 15.5 Å². The molecule has 0 radical (unpaired) electrons. The molecule has 0 saturated carbocycles. The molecule has 2 rings (SSSR count). The molecular weight excluding hydrogens is 350 g/mol. The van der Waals surface area contributed by atoms with Gasteiger partial charge in [-0.1, -0.05) is 49.4 Å². The van der Waals surface area contributed by atoms with E-state index in [1.54, 1.807) is 0 Å². The predicted molar refractivity (Wildman–Crippen MR) is 117 cm³/mol. The predicted octanol–water partition coefficient (Wildman–Crippen LogP) is 2.20. The minimum absolute atomic E-state index is 0.0801. The molecule has 1 aliphatic heterocycles. The molecule has 1 aromatic rings. The zero-order chi connectivity index (χ0) is 20.0. The fourth-order valence-electron chi connectivity index (χ4n) is 3.09. The van der Waals surface area contributed by atoms with Crippen molar-refractivity contribution in [3.05, 3.63) is 42.0 Å². The lowest BCUT2D eigenvalue weighted by molar-refractivity contribution is -0.120. The summed E-state index contributed by atoms with van der Waals surface area (Å²) in [5.41, 5.74) is 1.24. The van der Waals surface area contributed by atoms with Crippen LogP contribution in [-0.4, -0.2) is 74.0 Å². The molecule has 1 aromatic carbocycles. The molecule has 28 heavy (non-hydrogen) atoms. The summed E-state index contributed by atoms with van der Waals surface area (Å²) < 4.78 is 0. The lowest BCUT2D eigenvalue weighted by atomic mass is 10.2. The van der Waals surface area contributed by atoms with Gasteiger partial charge in [0.1, 0.15) is 0 Å². The molecule has 1 aliphatic rings. The molecule has 1 amide bonds. The van der Waals surface area contributed by atoms with Gasteiger partial charge in [0.15, 0.2) is 5.96 Å². The second-order valence-corrected chi connectivity index (χ2v) is 6.94. The van der Waals surface area contributed by atoms with Crippen molar-refractivity contribution in [1.29, 1.82) is 0 Å². The molecule has 0 aromatic heterocycles. The van der Waals surface area contributed by atoms with Crippen molar-refractivity contribution < 1.29 is 4.79 Å². The molecule has 0 aliphatic carbocycles. The van der Waals surface area contributed by atoms with Gasteiger partial charge in [-0.2, -0.15) is 0 Å². The summed E-state index contributed by atoms with van der Waals surface area (Å²) in [5.74, 6) is 1.00. The summed E-state index contributed by atoms with van der Waals surface area (Å²) in [6, 6.07) is 10.4. The van der Waals surface area contributed by atoms with Crippen LogP contribution < -0.4 is 10.6 Å². The van der Waals surface area contributed by atoms with E-state index >= 15 is 0 Å². The van der Waals surface area contributed by atoms with E-state index in [9.17, 15) is 4.79 Å². The second kappa shape index (κ2) is 12.9. The second-order valence-electron chi connectivity index (χ2n) is 6.94. The molecular formula is C22H35N5O. The Balaban J connectivity index is 1.75. The molecule has 6 heteroatoms. The monoisotopic (exact) mass is 385 g/mol. The van der Waals surface area contributed by atoms with Crippen LogP contribution in [0, 0.1) is 0 Å². The Morgan fingerprint density at radius 2 is 1.86 bits per heavy atom. The number of aliphatic imine (C=N–C) groups is 1. The van der Waals surface area contributed by atoms with Crippen molar-refractivity contribution in [1.82, 2.24) is 20.4 Å². The van der Waals surface area contributed by atoms with Gasteiger partial charge in [0, 0.05) is 52.2 Å². The molecule has 0 spiro atoms. The Hall–Kier alpha value is -2.34. The van der Waals surface area contributed by atoms with Gasteiger partial charge in [0.05, 0.1) is 6.54 Å². The molecule has 1 heterocycles. The first-order valence-corrected chi connectivity index (χ1v) is 10.5. The van der Waals surface area contributed by atoms with Crippen LogP contribution in [0.3, 0.4) is 0 Å². The molecule has 2 N–H and O–H groups in total. The summed E-state index contributed by atoms with van der Waals surface area (Å²) >= 11 is 0. The zero-order valence-electron chi connectivity index (χ0n) is 17.4. The summed E-state index contributed by atoms with van der Waals surface area (Å²) in [4.78, 5) is 21.1. The number of guanidine groups is 1. The number of amides is 1. The van der Waals surface area contributed by atoms with Crippen LogP contribution in [0.2, 0.25) is 0 Å². The first-order valence-electron chi connectivity index (χ1n) is 10.5. The van der Waals surface area contributed by atoms with Crippen LogP contribution in [0.15, 0.2) is 41.4 Å². The fraction of sp³-hybridized carbons (Fsp3) is 0.545. The van der Waals surface area contributed by atoms with Crippen LogP contribution >= 0.6 is 0 Å². The third-order valence-electron chi connectivity index (χ3n) is 4.65. The maximum Gasteiger partial charge on any atom is 0.221 e. The third kappa shape index (κ3) is 8.13. The van der Waals surface area contributed by atoms with E-state index in [1.807, 2.05) is 6.07 Å². The topological polar surface area (TPSA) is 60.0 Å². The highest BCUT2D eigenvalue weighted by atomic mass is 16.1. The Morgan fingerprint density at radius 3 is 2.54 bits per heavy atom. The maximum atomic E-state index is 11.7. The number of benzene rings is 1. The van der Waals surface area contributed by atoms with Gasteiger partial charge in [-0.05, 0) is 18.9 Å². The molecule has 0 bridgehead atoms. The number of hydrogen-bond acceptors (Lipinski definition) is 3. The van der Waals surface area contributed by atoms with E-state index in [0.29, 0.717) is 13.0 Å². The van der Waals surface area contributed by atoms with Crippen LogP contribution in [-0.2, 0) is 4.79 Å². The van der Waals surface area contributed by atoms with Gasteiger partial charge in [0.2, 0.25) is 5.91 Å². The number of hydrogen-bond donors (Lipinski definition) is 2. The highest BCUT2D eigenvalue weighted by Gasteiger charge is 2.18. The van der Waals surface area contributed by atoms with E-state index in [2.05, 4.69) is 75.7 Å². The molecule has 1 fully saturated rings. The van der Waals surface area contributed by atoms with Gasteiger partial charge in [-0.25, -0.2) is 0 Å². The first kappa shape index (κ1) is 22.0. The average molecular weight is 386 g/mol. The summed E-state index contributed by atoms with van der Waals surface area (Å²) in [7, 11) is 0. The third-order valence-corrected chi connectivity index (χ3v) is 4.65. The number of piperazine rings is 1. The Kier molecular flexibility index (Phi) is 10.1. The smallest absolute Gasteiger partial charge is 0.221 e. The Labute approximate surface area is 169 Å². The largest absolute Gasteiger partial charge is 0.357 e. The van der Waals surface area contributed by atoms with Crippen LogP contribution in [0.1, 0.15) is 32.3 Å². The lowest BCUT2D eigenvalue weighted by Gasteiger charge is -2.36. The number of carbonyl (C=O) groups excluding carboxylic acids is 1. The number of rotatable bonds is 9. The van der Waals surface area contributed by atoms with Crippen molar-refractivity contribution in [2.75, 3.05) is 52.4 Å². The Bertz CT molecular complexity index is 621. The SMILES string of the molecule is CCCNC(=O)CCN=C(NCC)N1CCN(C/C=C/c2ccccc2)CC1. The summed E-state index contributed by atoms with van der Waals surface area (Å²) in [5, 5.41) is 6.26. The van der Waals surface area contributed by atoms with Crippen LogP contribution in [0.25, 0.3) is 6.08 Å². The van der Waals surface area contributed by atoms with E-state index in [1.165, 1.54) is 5.56 Å². The number of nitrogens with zero attached hydrogens (tertiary/aromatic N) is 3. The molecule has 0 atom stereocenters. The number of nitrogens with one attached hydrogen (secondary N) is 2. The molecule has 1 saturated heterocycles. The number of carbonyl (C=O) groups is 1. The van der Waals surface area contributed by atoms with Gasteiger partial charge in [-0.3, -0.25) is 14.7 Å². The Morgan fingerprint density at radius 1 is 1.11 bits per heavy atom. The summed E-state index contributed by atoms with van der Waals surface area (Å²) in [6.07, 6.45) is 5.82. The van der Waals surface area contributed by atoms with Crippen molar-refractivity contribution in [2.45, 2.75) is 26.7 Å². The average Bonchev–Trinajstić information content (AvgIpc) is 2.73. The zero-order valence-corrected chi connectivity index (χ0v) is 17.4. The quantitative estimate of drug-likeness (QED) is 0.505. The van der Waals surface area contributed by atoms with Gasteiger partial charge in [0.25, 0.3) is 0 Å². The maximum absolute atomic E-state index is 11.7. The highest BCUT2D eigenvalue weighted by Crippen LogP contribution is 2.05. The van der Waals surface area contributed by atoms with Crippen molar-refractivity contribution in [3.8, 4) is 0 Å². The standard InChI is InChI=1S/C22H35N5O/c1-3-13-24-21(28)12-14-25-22(23-4-2)27-18-16-26(17-19-27)15-8-11-20-9-6-5-7-10-20/h5-11H,3-4,12-19H2,1-2H3,(H,23,25)(H,24,28)/b11-8+. The fourth-order valence-corrected chi connectivity index (χ4v) is 3.09. The minimum Gasteiger partial charge on any atom is -0.357 e. The molecule has 154 valence electrons. The normalized spacial score (nSPS) is 15.8. The molecule has 0 unspecified atom stereocenters. The van der Waals surface area contributed by atoms with Crippen LogP contribution in [0.4, 0.5) is 0 Å². The van der Waals surface area contributed by atoms with Gasteiger partial charge >= 0.3 is 0 Å². The van der Waals surface area contributed by atoms with E-state index in [0.717, 1.165) is 58.2 Å². The molecule has 6 nitrogen and oxygen atoms in total. The summed E-state index contributed by atoms with van der Waals surface area (Å²) in [6.45, 7) is 11.1. The van der Waals surface area contributed by atoms with E-state index < -0.39 is 0 Å². The van der Waals surface area contributed by atoms with Crippen molar-refractivity contribution >= 4 is 17.9 Å².